The summed E-state index contributed by atoms with van der Waals surface area (Å²) < 4.78 is 47.5. The lowest BCUT2D eigenvalue weighted by Crippen LogP contribution is -2.32. The molecule has 0 saturated carbocycles. The topological polar surface area (TPSA) is 92.5 Å². The lowest BCUT2D eigenvalue weighted by atomic mass is 10.2. The molecule has 1 aliphatic heterocycles. The molecule has 1 aliphatic rings. The maximum Gasteiger partial charge on any atom is 0.243 e. The van der Waals surface area contributed by atoms with Crippen LogP contribution in [0.25, 0.3) is 11.3 Å². The number of benzene rings is 2. The van der Waals surface area contributed by atoms with Gasteiger partial charge in [-0.3, -0.25) is 4.79 Å². The van der Waals surface area contributed by atoms with E-state index < -0.39 is 15.8 Å². The highest BCUT2D eigenvalue weighted by molar-refractivity contribution is 7.89. The quantitative estimate of drug-likeness (QED) is 0.513. The molecule has 2 heterocycles. The van der Waals surface area contributed by atoms with Gasteiger partial charge in [-0.25, -0.2) is 17.8 Å². The molecule has 0 spiro atoms. The number of aromatic nitrogens is 1. The Balaban J connectivity index is 1.40. The zero-order valence-electron chi connectivity index (χ0n) is 19.1. The van der Waals surface area contributed by atoms with Crippen molar-refractivity contribution in [3.05, 3.63) is 65.9 Å². The molecule has 0 aliphatic carbocycles. The number of carbonyl (C=O) groups excluding carboxylic acids is 1. The number of hydrogen-bond acceptors (Lipinski definition) is 5. The number of halogens is 1. The molecular formula is C25H28FN3O4S. The summed E-state index contributed by atoms with van der Waals surface area (Å²) in [5, 5.41) is 2.76. The first-order chi connectivity index (χ1) is 16.3. The van der Waals surface area contributed by atoms with Gasteiger partial charge < -0.3 is 9.73 Å². The number of hydrogen-bond donors (Lipinski definition) is 1. The molecule has 9 heteroatoms. The molecule has 1 saturated heterocycles. The van der Waals surface area contributed by atoms with Gasteiger partial charge in [-0.1, -0.05) is 31.0 Å². The van der Waals surface area contributed by atoms with Crippen LogP contribution in [-0.4, -0.2) is 36.7 Å². The first kappa shape index (κ1) is 24.1. The summed E-state index contributed by atoms with van der Waals surface area (Å²) in [4.78, 5) is 16.9. The fourth-order valence-corrected chi connectivity index (χ4v) is 5.80. The minimum atomic E-state index is -3.63. The van der Waals surface area contributed by atoms with Crippen LogP contribution in [0.4, 0.5) is 10.1 Å². The van der Waals surface area contributed by atoms with E-state index in [2.05, 4.69) is 10.3 Å². The number of oxazole rings is 1. The highest BCUT2D eigenvalue weighted by Gasteiger charge is 2.27. The normalized spacial score (nSPS) is 15.1. The van der Waals surface area contributed by atoms with Crippen molar-refractivity contribution in [1.82, 2.24) is 9.29 Å². The van der Waals surface area contributed by atoms with Crippen molar-refractivity contribution >= 4 is 21.6 Å². The monoisotopic (exact) mass is 485 g/mol. The zero-order chi connectivity index (χ0) is 24.1. The number of rotatable bonds is 7. The van der Waals surface area contributed by atoms with E-state index in [1.165, 1.54) is 18.3 Å². The van der Waals surface area contributed by atoms with Gasteiger partial charge in [-0.15, -0.1) is 0 Å². The molecule has 1 N–H and O–H groups in total. The van der Waals surface area contributed by atoms with E-state index in [1.54, 1.807) is 41.6 Å². The highest BCUT2D eigenvalue weighted by atomic mass is 32.2. The van der Waals surface area contributed by atoms with Gasteiger partial charge in [0.05, 0.1) is 16.7 Å². The maximum absolute atomic E-state index is 13.9. The predicted molar refractivity (Wildman–Crippen MR) is 127 cm³/mol. The van der Waals surface area contributed by atoms with Gasteiger partial charge in [-0.05, 0) is 49.6 Å². The summed E-state index contributed by atoms with van der Waals surface area (Å²) in [7, 11) is -3.63. The third-order valence-corrected chi connectivity index (χ3v) is 7.95. The molecule has 0 unspecified atom stereocenters. The zero-order valence-corrected chi connectivity index (χ0v) is 19.9. The van der Waals surface area contributed by atoms with Gasteiger partial charge in [0.15, 0.2) is 11.7 Å². The Morgan fingerprint density at radius 3 is 2.59 bits per heavy atom. The third-order valence-electron chi connectivity index (χ3n) is 5.91. The summed E-state index contributed by atoms with van der Waals surface area (Å²) in [5.41, 5.74) is 1.37. The van der Waals surface area contributed by atoms with Gasteiger partial charge >= 0.3 is 0 Å². The van der Waals surface area contributed by atoms with Crippen LogP contribution < -0.4 is 5.32 Å². The summed E-state index contributed by atoms with van der Waals surface area (Å²) in [6.07, 6.45) is 5.53. The first-order valence-corrected chi connectivity index (χ1v) is 12.9. The van der Waals surface area contributed by atoms with Crippen molar-refractivity contribution in [1.29, 1.82) is 0 Å². The second-order valence-electron chi connectivity index (χ2n) is 8.44. The molecule has 0 bridgehead atoms. The van der Waals surface area contributed by atoms with E-state index in [-0.39, 0.29) is 23.6 Å². The van der Waals surface area contributed by atoms with Crippen molar-refractivity contribution in [3.63, 3.8) is 0 Å². The summed E-state index contributed by atoms with van der Waals surface area (Å²) >= 11 is 0. The van der Waals surface area contributed by atoms with Crippen LogP contribution in [0.15, 0.2) is 58.0 Å². The van der Waals surface area contributed by atoms with E-state index in [0.717, 1.165) is 25.7 Å². The lowest BCUT2D eigenvalue weighted by molar-refractivity contribution is -0.116. The van der Waals surface area contributed by atoms with E-state index in [0.29, 0.717) is 41.6 Å². The maximum atomic E-state index is 13.9. The molecule has 34 heavy (non-hydrogen) atoms. The van der Waals surface area contributed by atoms with Crippen LogP contribution in [0.2, 0.25) is 0 Å². The Labute approximate surface area is 199 Å². The third kappa shape index (κ3) is 5.53. The van der Waals surface area contributed by atoms with Crippen LogP contribution in [0.3, 0.4) is 0 Å². The Morgan fingerprint density at radius 1 is 1.12 bits per heavy atom. The molecule has 1 fully saturated rings. The van der Waals surface area contributed by atoms with Crippen LogP contribution in [0, 0.1) is 12.7 Å². The second kappa shape index (κ2) is 10.5. The number of amides is 1. The fraction of sp³-hybridized carbons (Fsp3) is 0.360. The number of carbonyl (C=O) groups is 1. The summed E-state index contributed by atoms with van der Waals surface area (Å²) in [5.74, 6) is -0.0852. The van der Waals surface area contributed by atoms with Gasteiger partial charge in [0.1, 0.15) is 5.82 Å². The summed E-state index contributed by atoms with van der Waals surface area (Å²) in [6, 6.07) is 11.2. The fourth-order valence-electron chi connectivity index (χ4n) is 4.03. The highest BCUT2D eigenvalue weighted by Crippen LogP contribution is 2.26. The predicted octanol–water partition coefficient (Wildman–Crippen LogP) is 4.93. The van der Waals surface area contributed by atoms with Crippen molar-refractivity contribution < 1.29 is 22.0 Å². The smallest absolute Gasteiger partial charge is 0.243 e. The largest absolute Gasteiger partial charge is 0.441 e. The van der Waals surface area contributed by atoms with Crippen LogP contribution in [0.1, 0.15) is 43.6 Å². The molecule has 180 valence electrons. The molecule has 4 rings (SSSR count). The van der Waals surface area contributed by atoms with Crippen molar-refractivity contribution in [2.75, 3.05) is 18.4 Å². The number of sulfonamides is 1. The SMILES string of the molecule is Cc1ccc(NC(=O)CCc2ncc(-c3ccccc3F)o2)cc1S(=O)(=O)N1CCCCCC1. The first-order valence-electron chi connectivity index (χ1n) is 11.4. The van der Waals surface area contributed by atoms with E-state index >= 15 is 0 Å². The second-order valence-corrected chi connectivity index (χ2v) is 10.4. The molecule has 2 aromatic carbocycles. The van der Waals surface area contributed by atoms with Gasteiger partial charge in [-0.2, -0.15) is 4.31 Å². The Hall–Kier alpha value is -3.04. The van der Waals surface area contributed by atoms with Crippen LogP contribution in [-0.2, 0) is 21.2 Å². The van der Waals surface area contributed by atoms with Gasteiger partial charge in [0, 0.05) is 31.6 Å². The molecule has 3 aromatic rings. The lowest BCUT2D eigenvalue weighted by Gasteiger charge is -2.21. The van der Waals surface area contributed by atoms with Crippen LogP contribution >= 0.6 is 0 Å². The molecule has 0 atom stereocenters. The van der Waals surface area contributed by atoms with Crippen molar-refractivity contribution in [2.45, 2.75) is 50.3 Å². The molecule has 1 aromatic heterocycles. The number of nitrogens with zero attached hydrogens (tertiary/aromatic N) is 2. The summed E-state index contributed by atoms with van der Waals surface area (Å²) in [6.45, 7) is 2.79. The van der Waals surface area contributed by atoms with Crippen molar-refractivity contribution in [2.24, 2.45) is 0 Å². The Morgan fingerprint density at radius 2 is 1.85 bits per heavy atom. The van der Waals surface area contributed by atoms with E-state index in [1.807, 2.05) is 0 Å². The van der Waals surface area contributed by atoms with Crippen molar-refractivity contribution in [3.8, 4) is 11.3 Å². The van der Waals surface area contributed by atoms with Gasteiger partial charge in [0.2, 0.25) is 15.9 Å². The number of anilines is 1. The number of nitrogens with one attached hydrogen (secondary N) is 1. The van der Waals surface area contributed by atoms with E-state index in [4.69, 9.17) is 4.42 Å². The Bertz CT molecular complexity index is 1260. The minimum Gasteiger partial charge on any atom is -0.441 e. The average molecular weight is 486 g/mol. The molecular weight excluding hydrogens is 457 g/mol. The molecule has 0 radical (unpaired) electrons. The van der Waals surface area contributed by atoms with Gasteiger partial charge in [0.25, 0.3) is 0 Å². The molecule has 1 amide bonds. The minimum absolute atomic E-state index is 0.0826. The Kier molecular flexibility index (Phi) is 7.43. The standard InChI is InChI=1S/C25H28FN3O4S/c1-18-10-11-19(16-23(18)34(31,32)29-14-6-2-3-7-15-29)28-24(30)12-13-25-27-17-22(33-25)20-8-4-5-9-21(20)26/h4-5,8-11,16-17H,2-3,6-7,12-15H2,1H3,(H,28,30). The molecule has 7 nitrogen and oxygen atoms in total. The average Bonchev–Trinajstić information content (AvgIpc) is 3.10. The number of aryl methyl sites for hydroxylation is 2. The van der Waals surface area contributed by atoms with E-state index in [9.17, 15) is 17.6 Å². The van der Waals surface area contributed by atoms with Crippen LogP contribution in [0.5, 0.6) is 0 Å².